The van der Waals surface area contributed by atoms with Gasteiger partial charge in [-0.3, -0.25) is 14.5 Å². The molecule has 0 spiro atoms. The highest BCUT2D eigenvalue weighted by molar-refractivity contribution is 7.90. The van der Waals surface area contributed by atoms with Gasteiger partial charge >= 0.3 is 0 Å². The number of rotatable bonds is 4. The molecule has 30 heavy (non-hydrogen) atoms. The molecule has 1 aromatic heterocycles. The van der Waals surface area contributed by atoms with Gasteiger partial charge in [0.15, 0.2) is 4.80 Å². The number of amidine groups is 1. The molecule has 0 aliphatic carbocycles. The molecule has 0 fully saturated rings. The van der Waals surface area contributed by atoms with E-state index >= 15 is 0 Å². The molecule has 0 bridgehead atoms. The predicted molar refractivity (Wildman–Crippen MR) is 116 cm³/mol. The number of amides is 1. The number of thiazole rings is 1. The minimum Gasteiger partial charge on any atom is -0.319 e. The molecule has 4 rings (SSSR count). The van der Waals surface area contributed by atoms with Crippen molar-refractivity contribution in [3.8, 4) is 0 Å². The predicted octanol–water partition coefficient (Wildman–Crippen LogP) is 2.81. The van der Waals surface area contributed by atoms with Crippen LogP contribution in [0.15, 0.2) is 75.0 Å². The molecule has 1 aliphatic heterocycles. The Kier molecular flexibility index (Phi) is 5.59. The van der Waals surface area contributed by atoms with Gasteiger partial charge in [0.2, 0.25) is 0 Å². The zero-order valence-electron chi connectivity index (χ0n) is 15.8. The summed E-state index contributed by atoms with van der Waals surface area (Å²) in [6.45, 7) is 2.06. The van der Waals surface area contributed by atoms with Crippen LogP contribution in [0.5, 0.6) is 0 Å². The Morgan fingerprint density at radius 1 is 1.20 bits per heavy atom. The summed E-state index contributed by atoms with van der Waals surface area (Å²) in [4.78, 5) is 21.8. The van der Waals surface area contributed by atoms with Gasteiger partial charge in [0, 0.05) is 22.2 Å². The third-order valence-electron chi connectivity index (χ3n) is 4.51. The maximum atomic E-state index is 12.7. The maximum Gasteiger partial charge on any atom is 0.272 e. The van der Waals surface area contributed by atoms with Crippen molar-refractivity contribution in [2.45, 2.75) is 24.4 Å². The van der Waals surface area contributed by atoms with Crippen LogP contribution >= 0.6 is 22.9 Å². The Morgan fingerprint density at radius 3 is 2.73 bits per heavy atom. The van der Waals surface area contributed by atoms with Crippen molar-refractivity contribution < 1.29 is 13.2 Å². The van der Waals surface area contributed by atoms with E-state index in [1.54, 1.807) is 25.1 Å². The third-order valence-corrected chi connectivity index (χ3v) is 7.07. The number of carbonyl (C=O) groups excluding carboxylic acids is 1. The lowest BCUT2D eigenvalue weighted by atomic mass is 10.2. The number of aliphatic imine (C=N–C) groups is 1. The second-order valence-electron chi connectivity index (χ2n) is 6.61. The highest BCUT2D eigenvalue weighted by atomic mass is 35.5. The maximum absolute atomic E-state index is 12.7. The zero-order chi connectivity index (χ0) is 21.3. The second kappa shape index (κ2) is 8.17. The lowest BCUT2D eigenvalue weighted by Gasteiger charge is -2.06. The van der Waals surface area contributed by atoms with Crippen molar-refractivity contribution in [2.24, 2.45) is 9.98 Å². The van der Waals surface area contributed by atoms with Crippen LogP contribution in [0.3, 0.4) is 0 Å². The molecule has 3 aromatic rings. The summed E-state index contributed by atoms with van der Waals surface area (Å²) >= 11 is 7.55. The summed E-state index contributed by atoms with van der Waals surface area (Å²) in [5.41, 5.74) is 1.36. The minimum absolute atomic E-state index is 0.149. The average Bonchev–Trinajstić information content (AvgIpc) is 3.25. The fourth-order valence-electron chi connectivity index (χ4n) is 2.98. The van der Waals surface area contributed by atoms with Crippen molar-refractivity contribution in [2.75, 3.05) is 0 Å². The van der Waals surface area contributed by atoms with Crippen molar-refractivity contribution in [1.29, 1.82) is 0 Å². The molecule has 2 aromatic carbocycles. The number of fused-ring (bicyclic) bond motifs is 1. The van der Waals surface area contributed by atoms with Gasteiger partial charge in [-0.25, -0.2) is 8.42 Å². The largest absolute Gasteiger partial charge is 0.319 e. The number of sulfonamides is 1. The standard InChI is InChI=1S/C20H17ClN4O3S2/c1-13(22-18-15-7-3-5-9-17(15)30(27,28)24-18)19(26)23-20-25(10-11-29-20)12-14-6-2-4-8-16(14)21/h2-11,13H,12H2,1H3,(H,22,24)/t13-/m0/s1. The van der Waals surface area contributed by atoms with Crippen LogP contribution in [-0.4, -0.2) is 30.8 Å². The first kappa shape index (κ1) is 20.5. The molecule has 1 aliphatic rings. The van der Waals surface area contributed by atoms with Crippen molar-refractivity contribution >= 4 is 44.7 Å². The van der Waals surface area contributed by atoms with Gasteiger partial charge in [-0.1, -0.05) is 41.9 Å². The van der Waals surface area contributed by atoms with Crippen LogP contribution in [0.1, 0.15) is 18.1 Å². The van der Waals surface area contributed by atoms with Crippen molar-refractivity contribution in [3.05, 3.63) is 81.1 Å². The summed E-state index contributed by atoms with van der Waals surface area (Å²) in [6.07, 6.45) is 1.83. The number of aromatic nitrogens is 1. The molecular formula is C20H17ClN4O3S2. The van der Waals surface area contributed by atoms with E-state index in [0.29, 0.717) is 21.9 Å². The zero-order valence-corrected chi connectivity index (χ0v) is 18.2. The van der Waals surface area contributed by atoms with Crippen LogP contribution in [0.4, 0.5) is 0 Å². The van der Waals surface area contributed by atoms with E-state index in [4.69, 9.17) is 11.6 Å². The molecule has 1 amide bonds. The number of hydrogen-bond donors (Lipinski definition) is 1. The van der Waals surface area contributed by atoms with Gasteiger partial charge < -0.3 is 4.57 Å². The Labute approximate surface area is 182 Å². The normalized spacial score (nSPS) is 17.5. The highest BCUT2D eigenvalue weighted by Gasteiger charge is 2.31. The molecular weight excluding hydrogens is 444 g/mol. The Balaban J connectivity index is 1.60. The number of hydrogen-bond acceptors (Lipinski definition) is 5. The molecule has 0 saturated carbocycles. The van der Waals surface area contributed by atoms with Crippen LogP contribution in [0, 0.1) is 0 Å². The van der Waals surface area contributed by atoms with E-state index in [9.17, 15) is 13.2 Å². The van der Waals surface area contributed by atoms with Crippen molar-refractivity contribution in [3.63, 3.8) is 0 Å². The van der Waals surface area contributed by atoms with E-state index in [0.717, 1.165) is 5.56 Å². The fraction of sp³-hybridized carbons (Fsp3) is 0.150. The van der Waals surface area contributed by atoms with Crippen LogP contribution in [-0.2, 0) is 21.4 Å². The van der Waals surface area contributed by atoms with E-state index in [1.165, 1.54) is 17.4 Å². The molecule has 0 unspecified atom stereocenters. The first-order valence-electron chi connectivity index (χ1n) is 9.01. The second-order valence-corrected chi connectivity index (χ2v) is 9.54. The van der Waals surface area contributed by atoms with E-state index in [1.807, 2.05) is 40.4 Å². The lowest BCUT2D eigenvalue weighted by Crippen LogP contribution is -2.26. The molecule has 10 heteroatoms. The smallest absolute Gasteiger partial charge is 0.272 e. The number of carbonyl (C=O) groups is 1. The number of nitrogens with zero attached hydrogens (tertiary/aromatic N) is 3. The highest BCUT2D eigenvalue weighted by Crippen LogP contribution is 2.22. The van der Waals surface area contributed by atoms with Crippen LogP contribution in [0.2, 0.25) is 5.02 Å². The van der Waals surface area contributed by atoms with Gasteiger partial charge in [0.25, 0.3) is 15.9 Å². The summed E-state index contributed by atoms with van der Waals surface area (Å²) in [5.74, 6) is -0.321. The van der Waals surface area contributed by atoms with Crippen LogP contribution in [0.25, 0.3) is 0 Å². The molecule has 2 heterocycles. The Morgan fingerprint density at radius 2 is 1.93 bits per heavy atom. The third kappa shape index (κ3) is 4.09. The summed E-state index contributed by atoms with van der Waals surface area (Å²) in [7, 11) is -3.66. The SMILES string of the molecule is C[C@H](N=C1NS(=O)(=O)c2ccccc21)C(=O)N=c1sccn1Cc1ccccc1Cl. The van der Waals surface area contributed by atoms with Gasteiger partial charge in [0.05, 0.1) is 11.4 Å². The van der Waals surface area contributed by atoms with Gasteiger partial charge in [-0.15, -0.1) is 11.3 Å². The first-order chi connectivity index (χ1) is 14.3. The molecule has 154 valence electrons. The first-order valence-corrected chi connectivity index (χ1v) is 11.7. The van der Waals surface area contributed by atoms with Crippen molar-refractivity contribution in [1.82, 2.24) is 9.29 Å². The molecule has 1 atom stereocenters. The summed E-state index contributed by atoms with van der Waals surface area (Å²) in [5, 5.41) is 2.47. The molecule has 1 N–H and O–H groups in total. The summed E-state index contributed by atoms with van der Waals surface area (Å²) < 4.78 is 28.6. The lowest BCUT2D eigenvalue weighted by molar-refractivity contribution is -0.118. The van der Waals surface area contributed by atoms with E-state index < -0.39 is 22.0 Å². The van der Waals surface area contributed by atoms with E-state index in [-0.39, 0.29) is 10.7 Å². The van der Waals surface area contributed by atoms with E-state index in [2.05, 4.69) is 14.7 Å². The number of nitrogens with one attached hydrogen (secondary N) is 1. The van der Waals surface area contributed by atoms with Gasteiger partial charge in [0.1, 0.15) is 11.9 Å². The quantitative estimate of drug-likeness (QED) is 0.648. The monoisotopic (exact) mass is 460 g/mol. The molecule has 0 radical (unpaired) electrons. The summed E-state index contributed by atoms with van der Waals surface area (Å²) in [6, 6.07) is 13.1. The Hall–Kier alpha value is -2.75. The van der Waals surface area contributed by atoms with Gasteiger partial charge in [-0.2, -0.15) is 4.99 Å². The number of benzene rings is 2. The number of halogens is 1. The fourth-order valence-corrected chi connectivity index (χ4v) is 5.15. The topological polar surface area (TPSA) is 92.9 Å². The van der Waals surface area contributed by atoms with Crippen LogP contribution < -0.4 is 9.52 Å². The van der Waals surface area contributed by atoms with Gasteiger partial charge in [-0.05, 0) is 30.7 Å². The average molecular weight is 461 g/mol. The molecule has 7 nitrogen and oxygen atoms in total. The minimum atomic E-state index is -3.66. The Bertz CT molecular complexity index is 1330. The molecule has 0 saturated heterocycles.